The summed E-state index contributed by atoms with van der Waals surface area (Å²) in [5.74, 6) is -2.53. The number of hydrogen-bond acceptors (Lipinski definition) is 11. The zero-order valence-electron chi connectivity index (χ0n) is 18.3. The van der Waals surface area contributed by atoms with E-state index in [0.29, 0.717) is 6.54 Å². The quantitative estimate of drug-likeness (QED) is 0.321. The van der Waals surface area contributed by atoms with E-state index in [-0.39, 0.29) is 6.61 Å². The SMILES string of the molecule is CC(=O)OC[C@H]1O[C@@H](SNCc2ccccc2)[C@H](OC(C)=O)[C@@H](OC(C)=O)[C@@H]1OC(C)=O. The fourth-order valence-electron chi connectivity index (χ4n) is 3.09. The molecular formula is C21H27NO9S. The third kappa shape index (κ3) is 8.13. The minimum absolute atomic E-state index is 0.256. The van der Waals surface area contributed by atoms with E-state index in [4.69, 9.17) is 23.7 Å². The van der Waals surface area contributed by atoms with E-state index in [1.807, 2.05) is 30.3 Å². The summed E-state index contributed by atoms with van der Waals surface area (Å²) in [6.07, 6.45) is -4.39. The molecule has 32 heavy (non-hydrogen) atoms. The second-order valence-electron chi connectivity index (χ2n) is 6.99. The fraction of sp³-hybridized carbons (Fsp3) is 0.524. The molecule has 1 heterocycles. The number of nitrogens with one attached hydrogen (secondary N) is 1. The fourth-order valence-corrected chi connectivity index (χ4v) is 4.04. The molecule has 0 spiro atoms. The largest absolute Gasteiger partial charge is 0.463 e. The molecule has 1 saturated heterocycles. The summed E-state index contributed by atoms with van der Waals surface area (Å²) >= 11 is 1.11. The maximum absolute atomic E-state index is 11.8. The van der Waals surface area contributed by atoms with E-state index in [1.54, 1.807) is 0 Å². The standard InChI is InChI=1S/C21H27NO9S/c1-12(23)27-11-17-18(28-13(2)24)19(29-14(3)25)20(30-15(4)26)21(31-17)32-22-10-16-8-6-5-7-9-16/h5-9,17-22H,10-11H2,1-4H3/t17-,18-,19+,20-,21+/m1/s1. The van der Waals surface area contributed by atoms with Gasteiger partial charge in [0, 0.05) is 34.2 Å². The topological polar surface area (TPSA) is 126 Å². The number of carbonyl (C=O) groups excluding carboxylic acids is 4. The van der Waals surface area contributed by atoms with Crippen LogP contribution in [0.25, 0.3) is 0 Å². The minimum Gasteiger partial charge on any atom is -0.463 e. The predicted octanol–water partition coefficient (Wildman–Crippen LogP) is 1.51. The van der Waals surface area contributed by atoms with Crippen LogP contribution in [-0.2, 0) is 49.4 Å². The van der Waals surface area contributed by atoms with Gasteiger partial charge in [-0.1, -0.05) is 30.3 Å². The lowest BCUT2D eigenvalue weighted by Crippen LogP contribution is -2.61. The van der Waals surface area contributed by atoms with Gasteiger partial charge in [-0.05, 0) is 17.5 Å². The summed E-state index contributed by atoms with van der Waals surface area (Å²) in [6, 6.07) is 9.56. The number of esters is 4. The van der Waals surface area contributed by atoms with Crippen molar-refractivity contribution < 1.29 is 42.9 Å². The number of hydrogen-bond donors (Lipinski definition) is 1. The van der Waals surface area contributed by atoms with Gasteiger partial charge in [0.25, 0.3) is 0 Å². The molecule has 0 radical (unpaired) electrons. The molecule has 176 valence electrons. The molecule has 0 unspecified atom stereocenters. The van der Waals surface area contributed by atoms with E-state index in [9.17, 15) is 19.2 Å². The van der Waals surface area contributed by atoms with Crippen molar-refractivity contribution in [1.82, 2.24) is 4.72 Å². The first kappa shape index (κ1) is 25.6. The van der Waals surface area contributed by atoms with Crippen LogP contribution in [0.2, 0.25) is 0 Å². The molecule has 11 heteroatoms. The summed E-state index contributed by atoms with van der Waals surface area (Å²) in [4.78, 5) is 46.6. The zero-order chi connectivity index (χ0) is 23.7. The zero-order valence-corrected chi connectivity index (χ0v) is 19.1. The Kier molecular flexibility index (Phi) is 9.95. The lowest BCUT2D eigenvalue weighted by atomic mass is 9.99. The monoisotopic (exact) mass is 469 g/mol. The molecule has 0 amide bonds. The summed E-state index contributed by atoms with van der Waals surface area (Å²) < 4.78 is 30.3. The van der Waals surface area contributed by atoms with Gasteiger partial charge in [-0.25, -0.2) is 0 Å². The Labute approximate surface area is 190 Å². The highest BCUT2D eigenvalue weighted by Crippen LogP contribution is 2.33. The van der Waals surface area contributed by atoms with Crippen LogP contribution in [0.1, 0.15) is 33.3 Å². The smallest absolute Gasteiger partial charge is 0.303 e. The van der Waals surface area contributed by atoms with Crippen molar-refractivity contribution in [3.63, 3.8) is 0 Å². The summed E-state index contributed by atoms with van der Waals surface area (Å²) in [5.41, 5.74) is 0.143. The van der Waals surface area contributed by atoms with Gasteiger partial charge in [-0.15, -0.1) is 0 Å². The Bertz CT molecular complexity index is 804. The van der Waals surface area contributed by atoms with Crippen molar-refractivity contribution in [2.75, 3.05) is 6.61 Å². The maximum Gasteiger partial charge on any atom is 0.303 e. The van der Waals surface area contributed by atoms with Crippen molar-refractivity contribution in [2.45, 2.75) is 64.1 Å². The highest BCUT2D eigenvalue weighted by atomic mass is 32.2. The van der Waals surface area contributed by atoms with Crippen LogP contribution in [0.3, 0.4) is 0 Å². The third-order valence-corrected chi connectivity index (χ3v) is 5.19. The van der Waals surface area contributed by atoms with Crippen molar-refractivity contribution >= 4 is 35.8 Å². The Morgan fingerprint density at radius 3 is 1.97 bits per heavy atom. The molecule has 1 aliphatic rings. The normalized spacial score (nSPS) is 24.8. The summed E-state index contributed by atoms with van der Waals surface area (Å²) in [7, 11) is 0. The van der Waals surface area contributed by atoms with Crippen molar-refractivity contribution in [3.8, 4) is 0 Å². The molecule has 1 aromatic rings. The number of ether oxygens (including phenoxy) is 5. The van der Waals surface area contributed by atoms with Crippen LogP contribution >= 0.6 is 11.9 Å². The average molecular weight is 470 g/mol. The first-order valence-electron chi connectivity index (χ1n) is 9.90. The minimum atomic E-state index is -1.18. The molecule has 0 aliphatic carbocycles. The summed E-state index contributed by atoms with van der Waals surface area (Å²) in [5, 5.41) is 0. The van der Waals surface area contributed by atoms with E-state index in [0.717, 1.165) is 17.5 Å². The van der Waals surface area contributed by atoms with Gasteiger partial charge in [0.1, 0.15) is 12.7 Å². The van der Waals surface area contributed by atoms with E-state index in [1.165, 1.54) is 27.7 Å². The highest BCUT2D eigenvalue weighted by molar-refractivity contribution is 7.97. The molecule has 0 aromatic heterocycles. The predicted molar refractivity (Wildman–Crippen MR) is 113 cm³/mol. The molecular weight excluding hydrogens is 442 g/mol. The molecule has 1 N–H and O–H groups in total. The van der Waals surface area contributed by atoms with Gasteiger partial charge in [-0.3, -0.25) is 23.9 Å². The van der Waals surface area contributed by atoms with Crippen LogP contribution in [0.15, 0.2) is 30.3 Å². The lowest BCUT2D eigenvalue weighted by Gasteiger charge is -2.44. The number of carbonyl (C=O) groups is 4. The first-order chi connectivity index (χ1) is 15.2. The van der Waals surface area contributed by atoms with Gasteiger partial charge < -0.3 is 23.7 Å². The van der Waals surface area contributed by atoms with Crippen LogP contribution < -0.4 is 4.72 Å². The van der Waals surface area contributed by atoms with E-state index >= 15 is 0 Å². The highest BCUT2D eigenvalue weighted by Gasteiger charge is 2.52. The number of rotatable bonds is 9. The second kappa shape index (κ2) is 12.4. The lowest BCUT2D eigenvalue weighted by molar-refractivity contribution is -0.237. The molecule has 0 saturated carbocycles. The van der Waals surface area contributed by atoms with E-state index in [2.05, 4.69) is 4.72 Å². The molecule has 2 rings (SSSR count). The average Bonchev–Trinajstić information content (AvgIpc) is 2.70. The Morgan fingerprint density at radius 1 is 0.844 bits per heavy atom. The Morgan fingerprint density at radius 2 is 1.41 bits per heavy atom. The van der Waals surface area contributed by atoms with Crippen LogP contribution in [-0.4, -0.2) is 60.3 Å². The van der Waals surface area contributed by atoms with Gasteiger partial charge in [0.15, 0.2) is 23.7 Å². The molecule has 1 aliphatic heterocycles. The Balaban J connectivity index is 2.28. The molecule has 1 aromatic carbocycles. The number of benzene rings is 1. The van der Waals surface area contributed by atoms with Crippen molar-refractivity contribution in [2.24, 2.45) is 0 Å². The van der Waals surface area contributed by atoms with E-state index < -0.39 is 53.7 Å². The van der Waals surface area contributed by atoms with Gasteiger partial charge in [0.05, 0.1) is 0 Å². The van der Waals surface area contributed by atoms with Gasteiger partial charge >= 0.3 is 23.9 Å². The molecule has 0 bridgehead atoms. The maximum atomic E-state index is 11.8. The van der Waals surface area contributed by atoms with Crippen molar-refractivity contribution in [1.29, 1.82) is 0 Å². The molecule has 5 atom stereocenters. The second-order valence-corrected chi connectivity index (χ2v) is 7.98. The first-order valence-corrected chi connectivity index (χ1v) is 10.8. The van der Waals surface area contributed by atoms with Crippen LogP contribution in [0.5, 0.6) is 0 Å². The third-order valence-electron chi connectivity index (χ3n) is 4.27. The molecule has 10 nitrogen and oxygen atoms in total. The van der Waals surface area contributed by atoms with Gasteiger partial charge in [0.2, 0.25) is 0 Å². The van der Waals surface area contributed by atoms with Gasteiger partial charge in [-0.2, -0.15) is 0 Å². The Hall–Kier alpha value is -2.63. The van der Waals surface area contributed by atoms with Crippen LogP contribution in [0.4, 0.5) is 0 Å². The van der Waals surface area contributed by atoms with Crippen molar-refractivity contribution in [3.05, 3.63) is 35.9 Å². The summed E-state index contributed by atoms with van der Waals surface area (Å²) in [6.45, 7) is 5.00. The molecule has 1 fully saturated rings. The van der Waals surface area contributed by atoms with Crippen LogP contribution in [0, 0.1) is 0 Å².